The van der Waals surface area contributed by atoms with Crippen molar-refractivity contribution in [3.05, 3.63) is 71.3 Å². The van der Waals surface area contributed by atoms with Crippen molar-refractivity contribution in [2.45, 2.75) is 17.6 Å². The molecule has 0 unspecified atom stereocenters. The number of benzene rings is 2. The third-order valence-electron chi connectivity index (χ3n) is 3.16. The highest BCUT2D eigenvalue weighted by Crippen LogP contribution is 2.18. The quantitative estimate of drug-likeness (QED) is 0.860. The van der Waals surface area contributed by atoms with Crippen molar-refractivity contribution in [2.75, 3.05) is 0 Å². The van der Waals surface area contributed by atoms with Crippen LogP contribution in [0.2, 0.25) is 0 Å². The van der Waals surface area contributed by atoms with E-state index in [1.807, 2.05) is 6.07 Å². The molecular weight excluding hydrogens is 300 g/mol. The maximum atomic E-state index is 12.3. The van der Waals surface area contributed by atoms with Crippen molar-refractivity contribution in [1.29, 1.82) is 0 Å². The molecule has 0 amide bonds. The standard InChI is InChI=1S/C17H16O4S/c1-13(17(18)19)11-14-7-9-16(10-8-14)22(20,21)12-15-5-3-2-4-6-15/h2-11H,12H2,1H3,(H,18,19). The van der Waals surface area contributed by atoms with Gasteiger partial charge in [-0.3, -0.25) is 0 Å². The van der Waals surface area contributed by atoms with Crippen LogP contribution in [0, 0.1) is 0 Å². The number of sulfone groups is 1. The predicted octanol–water partition coefficient (Wildman–Crippen LogP) is 3.15. The van der Waals surface area contributed by atoms with Crippen molar-refractivity contribution in [1.82, 2.24) is 0 Å². The summed E-state index contributed by atoms with van der Waals surface area (Å²) in [6.07, 6.45) is 1.50. The molecule has 0 aliphatic rings. The molecule has 0 aromatic heterocycles. The molecule has 0 saturated heterocycles. The van der Waals surface area contributed by atoms with E-state index < -0.39 is 15.8 Å². The van der Waals surface area contributed by atoms with E-state index >= 15 is 0 Å². The van der Waals surface area contributed by atoms with Crippen molar-refractivity contribution < 1.29 is 18.3 Å². The monoisotopic (exact) mass is 316 g/mol. The Morgan fingerprint density at radius 3 is 2.18 bits per heavy atom. The first-order valence-corrected chi connectivity index (χ1v) is 8.32. The SMILES string of the molecule is CC(=Cc1ccc(S(=O)(=O)Cc2ccccc2)cc1)C(=O)O. The van der Waals surface area contributed by atoms with Crippen LogP contribution in [0.5, 0.6) is 0 Å². The summed E-state index contributed by atoms with van der Waals surface area (Å²) in [5.41, 5.74) is 1.58. The molecule has 0 aliphatic heterocycles. The van der Waals surface area contributed by atoms with E-state index in [-0.39, 0.29) is 16.2 Å². The van der Waals surface area contributed by atoms with E-state index in [0.717, 1.165) is 5.56 Å². The van der Waals surface area contributed by atoms with Crippen molar-refractivity contribution in [3.63, 3.8) is 0 Å². The summed E-state index contributed by atoms with van der Waals surface area (Å²) in [6, 6.07) is 15.2. The molecule has 0 radical (unpaired) electrons. The van der Waals surface area contributed by atoms with E-state index in [2.05, 4.69) is 0 Å². The summed E-state index contributed by atoms with van der Waals surface area (Å²) >= 11 is 0. The fraction of sp³-hybridized carbons (Fsp3) is 0.118. The molecule has 0 saturated carbocycles. The second-order valence-electron chi connectivity index (χ2n) is 4.95. The summed E-state index contributed by atoms with van der Waals surface area (Å²) in [5, 5.41) is 8.83. The van der Waals surface area contributed by atoms with Crippen LogP contribution in [0.4, 0.5) is 0 Å². The van der Waals surface area contributed by atoms with Gasteiger partial charge in [-0.15, -0.1) is 0 Å². The average Bonchev–Trinajstić information content (AvgIpc) is 2.48. The second-order valence-corrected chi connectivity index (χ2v) is 6.94. The first-order valence-electron chi connectivity index (χ1n) is 6.67. The minimum absolute atomic E-state index is 0.0584. The molecule has 2 aromatic carbocycles. The van der Waals surface area contributed by atoms with Crippen LogP contribution in [0.25, 0.3) is 6.08 Å². The number of hydrogen-bond donors (Lipinski definition) is 1. The van der Waals surface area contributed by atoms with Crippen molar-refractivity contribution >= 4 is 21.9 Å². The smallest absolute Gasteiger partial charge is 0.331 e. The van der Waals surface area contributed by atoms with Gasteiger partial charge in [-0.05, 0) is 36.3 Å². The molecule has 0 spiro atoms. The lowest BCUT2D eigenvalue weighted by Crippen LogP contribution is -2.04. The Kier molecular flexibility index (Phi) is 4.78. The number of hydrogen-bond acceptors (Lipinski definition) is 3. The van der Waals surface area contributed by atoms with Crippen LogP contribution < -0.4 is 0 Å². The topological polar surface area (TPSA) is 71.4 Å². The van der Waals surface area contributed by atoms with Crippen LogP contribution in [0.15, 0.2) is 65.1 Å². The number of rotatable bonds is 5. The van der Waals surface area contributed by atoms with E-state index in [1.54, 1.807) is 36.4 Å². The maximum absolute atomic E-state index is 12.3. The normalized spacial score (nSPS) is 12.1. The van der Waals surface area contributed by atoms with Gasteiger partial charge < -0.3 is 5.11 Å². The Hall–Kier alpha value is -2.40. The first kappa shape index (κ1) is 16.0. The lowest BCUT2D eigenvalue weighted by molar-refractivity contribution is -0.132. The minimum Gasteiger partial charge on any atom is -0.478 e. The van der Waals surface area contributed by atoms with Gasteiger partial charge in [0.1, 0.15) is 0 Å². The average molecular weight is 316 g/mol. The van der Waals surface area contributed by atoms with Gasteiger partial charge in [-0.1, -0.05) is 42.5 Å². The summed E-state index contributed by atoms with van der Waals surface area (Å²) in [4.78, 5) is 11.0. The van der Waals surface area contributed by atoms with Crippen LogP contribution in [-0.4, -0.2) is 19.5 Å². The lowest BCUT2D eigenvalue weighted by atomic mass is 10.1. The van der Waals surface area contributed by atoms with Crippen LogP contribution in [0.1, 0.15) is 18.1 Å². The summed E-state index contributed by atoms with van der Waals surface area (Å²) in [6.45, 7) is 1.49. The molecule has 22 heavy (non-hydrogen) atoms. The van der Waals surface area contributed by atoms with Crippen molar-refractivity contribution in [3.8, 4) is 0 Å². The molecule has 5 heteroatoms. The van der Waals surface area contributed by atoms with Gasteiger partial charge in [-0.25, -0.2) is 13.2 Å². The molecule has 2 aromatic rings. The molecule has 0 atom stereocenters. The zero-order valence-electron chi connectivity index (χ0n) is 12.1. The Morgan fingerprint density at radius 2 is 1.64 bits per heavy atom. The van der Waals surface area contributed by atoms with Gasteiger partial charge in [0.25, 0.3) is 0 Å². The van der Waals surface area contributed by atoms with E-state index in [4.69, 9.17) is 5.11 Å². The van der Waals surface area contributed by atoms with Gasteiger partial charge >= 0.3 is 5.97 Å². The molecule has 114 valence electrons. The van der Waals surface area contributed by atoms with Crippen LogP contribution in [-0.2, 0) is 20.4 Å². The van der Waals surface area contributed by atoms with Crippen molar-refractivity contribution in [2.24, 2.45) is 0 Å². The Morgan fingerprint density at radius 1 is 1.05 bits per heavy atom. The highest BCUT2D eigenvalue weighted by Gasteiger charge is 2.14. The Labute approximate surface area is 129 Å². The molecule has 0 bridgehead atoms. The zero-order chi connectivity index (χ0) is 16.2. The number of carbonyl (C=O) groups is 1. The predicted molar refractivity (Wildman–Crippen MR) is 85.1 cm³/mol. The van der Waals surface area contributed by atoms with Gasteiger partial charge in [0.05, 0.1) is 10.6 Å². The van der Waals surface area contributed by atoms with Gasteiger partial charge in [0.15, 0.2) is 9.84 Å². The molecule has 1 N–H and O–H groups in total. The fourth-order valence-electron chi connectivity index (χ4n) is 1.96. The maximum Gasteiger partial charge on any atom is 0.331 e. The highest BCUT2D eigenvalue weighted by atomic mass is 32.2. The first-order chi connectivity index (χ1) is 10.4. The van der Waals surface area contributed by atoms with E-state index in [9.17, 15) is 13.2 Å². The largest absolute Gasteiger partial charge is 0.478 e. The third-order valence-corrected chi connectivity index (χ3v) is 4.86. The zero-order valence-corrected chi connectivity index (χ0v) is 12.9. The number of carboxylic acids is 1. The Bertz CT molecular complexity index is 788. The fourth-order valence-corrected chi connectivity index (χ4v) is 3.31. The molecule has 0 heterocycles. The molecule has 2 rings (SSSR count). The Balaban J connectivity index is 2.23. The molecular formula is C17H16O4S. The van der Waals surface area contributed by atoms with Gasteiger partial charge in [0.2, 0.25) is 0 Å². The molecule has 4 nitrogen and oxygen atoms in total. The van der Waals surface area contributed by atoms with Gasteiger partial charge in [-0.2, -0.15) is 0 Å². The number of aliphatic carboxylic acids is 1. The highest BCUT2D eigenvalue weighted by molar-refractivity contribution is 7.90. The third kappa shape index (κ3) is 4.05. The summed E-state index contributed by atoms with van der Waals surface area (Å²) < 4.78 is 24.7. The molecule has 0 aliphatic carbocycles. The second kappa shape index (κ2) is 6.58. The lowest BCUT2D eigenvalue weighted by Gasteiger charge is -2.05. The van der Waals surface area contributed by atoms with E-state index in [1.165, 1.54) is 25.1 Å². The van der Waals surface area contributed by atoms with Crippen LogP contribution >= 0.6 is 0 Å². The summed E-state index contributed by atoms with van der Waals surface area (Å²) in [5.74, 6) is -1.06. The minimum atomic E-state index is -3.41. The van der Waals surface area contributed by atoms with E-state index in [0.29, 0.717) is 5.56 Å². The van der Waals surface area contributed by atoms with Crippen LogP contribution in [0.3, 0.4) is 0 Å². The van der Waals surface area contributed by atoms with Gasteiger partial charge in [0, 0.05) is 5.57 Å². The number of carboxylic acid groups (broad SMARTS) is 1. The molecule has 0 fully saturated rings. The summed E-state index contributed by atoms with van der Waals surface area (Å²) in [7, 11) is -3.41.